The molecule has 0 bridgehead atoms. The summed E-state index contributed by atoms with van der Waals surface area (Å²) in [6.45, 7) is -0.244. The smallest absolute Gasteiger partial charge is 0.323 e. The van der Waals surface area contributed by atoms with Gasteiger partial charge >= 0.3 is 5.97 Å². The minimum Gasteiger partial charge on any atom is -0.493 e. The van der Waals surface area contributed by atoms with Crippen LogP contribution in [0.1, 0.15) is 0 Å². The van der Waals surface area contributed by atoms with Crippen molar-refractivity contribution in [3.05, 3.63) is 18.5 Å². The van der Waals surface area contributed by atoms with Crippen LogP contribution in [-0.4, -0.2) is 39.8 Å². The topological polar surface area (TPSA) is 112 Å². The minimum atomic E-state index is -0.981. The fourth-order valence-corrected chi connectivity index (χ4v) is 2.55. The normalized spacial score (nSPS) is 11.0. The second kappa shape index (κ2) is 5.06. The molecule has 0 saturated carbocycles. The van der Waals surface area contributed by atoms with Crippen LogP contribution in [0.2, 0.25) is 0 Å². The van der Waals surface area contributed by atoms with Crippen molar-refractivity contribution in [1.29, 1.82) is 0 Å². The summed E-state index contributed by atoms with van der Waals surface area (Å²) in [5, 5.41) is 10.5. The summed E-state index contributed by atoms with van der Waals surface area (Å²) in [5.41, 5.74) is 7.04. The fraction of sp³-hybridized carbons (Fsp3) is 0.214. The number of carbonyl (C=O) groups is 1. The predicted molar refractivity (Wildman–Crippen MR) is 80.2 cm³/mol. The molecule has 8 nitrogen and oxygen atoms in total. The zero-order valence-corrected chi connectivity index (χ0v) is 12.0. The van der Waals surface area contributed by atoms with Gasteiger partial charge in [0.25, 0.3) is 0 Å². The highest BCUT2D eigenvalue weighted by atomic mass is 16.5. The maximum absolute atomic E-state index is 11.2. The molecule has 8 heteroatoms. The molecule has 0 atom stereocenters. The number of ether oxygens (including phenoxy) is 2. The number of aromatic nitrogens is 3. The molecule has 0 spiro atoms. The Morgan fingerprint density at radius 3 is 2.59 bits per heavy atom. The summed E-state index contributed by atoms with van der Waals surface area (Å²) >= 11 is 0. The lowest BCUT2D eigenvalue weighted by Gasteiger charge is -2.09. The molecule has 0 aliphatic rings. The van der Waals surface area contributed by atoms with E-state index in [2.05, 4.69) is 9.97 Å². The third-order valence-corrected chi connectivity index (χ3v) is 3.47. The number of nitrogens with two attached hydrogens (primary N) is 1. The molecule has 0 radical (unpaired) electrons. The summed E-state index contributed by atoms with van der Waals surface area (Å²) < 4.78 is 12.1. The maximum Gasteiger partial charge on any atom is 0.323 e. The van der Waals surface area contributed by atoms with E-state index in [1.165, 1.54) is 20.5 Å². The van der Waals surface area contributed by atoms with Gasteiger partial charge in [-0.25, -0.2) is 9.97 Å². The Bertz CT molecular complexity index is 888. The van der Waals surface area contributed by atoms with E-state index < -0.39 is 5.97 Å². The zero-order chi connectivity index (χ0) is 15.9. The third kappa shape index (κ3) is 1.96. The number of nitrogens with zero attached hydrogens (tertiary/aromatic N) is 3. The molecule has 0 aliphatic heterocycles. The first-order chi connectivity index (χ1) is 10.6. The van der Waals surface area contributed by atoms with Crippen LogP contribution in [0.5, 0.6) is 11.5 Å². The molecule has 22 heavy (non-hydrogen) atoms. The molecular weight excluding hydrogens is 288 g/mol. The maximum atomic E-state index is 11.2. The Kier molecular flexibility index (Phi) is 3.21. The molecule has 3 aromatic rings. The highest BCUT2D eigenvalue weighted by Crippen LogP contribution is 2.38. The van der Waals surface area contributed by atoms with Crippen molar-refractivity contribution in [2.24, 2.45) is 0 Å². The van der Waals surface area contributed by atoms with Gasteiger partial charge in [-0.3, -0.25) is 4.79 Å². The molecule has 0 fully saturated rings. The minimum absolute atomic E-state index is 0.244. The Morgan fingerprint density at radius 1 is 1.27 bits per heavy atom. The average molecular weight is 302 g/mol. The van der Waals surface area contributed by atoms with Crippen LogP contribution < -0.4 is 15.2 Å². The van der Waals surface area contributed by atoms with Crippen molar-refractivity contribution < 1.29 is 19.4 Å². The van der Waals surface area contributed by atoms with Gasteiger partial charge < -0.3 is 24.9 Å². The van der Waals surface area contributed by atoms with Gasteiger partial charge in [0.1, 0.15) is 24.3 Å². The standard InChI is InChI=1S/C14H14N4O4/c1-21-9-3-7-8(4-10(9)22-2)18(5-11(19)20)14-12(7)13(15)16-6-17-14/h3-4,6H,5H2,1-2H3,(H,19,20)(H2,15,16,17). The molecule has 0 amide bonds. The van der Waals surface area contributed by atoms with Gasteiger partial charge in [0.15, 0.2) is 11.5 Å². The van der Waals surface area contributed by atoms with E-state index in [9.17, 15) is 4.79 Å². The summed E-state index contributed by atoms with van der Waals surface area (Å²) in [4.78, 5) is 19.3. The number of fused-ring (bicyclic) bond motifs is 3. The highest BCUT2D eigenvalue weighted by molar-refractivity contribution is 6.12. The summed E-state index contributed by atoms with van der Waals surface area (Å²) in [6.07, 6.45) is 1.31. The van der Waals surface area contributed by atoms with Crippen molar-refractivity contribution in [3.8, 4) is 11.5 Å². The summed E-state index contributed by atoms with van der Waals surface area (Å²) in [6, 6.07) is 3.45. The van der Waals surface area contributed by atoms with E-state index >= 15 is 0 Å². The predicted octanol–water partition coefficient (Wildman–Crippen LogP) is 1.27. The largest absolute Gasteiger partial charge is 0.493 e. The van der Waals surface area contributed by atoms with Crippen molar-refractivity contribution in [1.82, 2.24) is 14.5 Å². The number of carboxylic acid groups (broad SMARTS) is 1. The average Bonchev–Trinajstić information content (AvgIpc) is 2.80. The molecular formula is C14H14N4O4. The molecule has 0 unspecified atom stereocenters. The molecule has 0 saturated heterocycles. The van der Waals surface area contributed by atoms with E-state index in [4.69, 9.17) is 20.3 Å². The van der Waals surface area contributed by atoms with Crippen LogP contribution in [0.25, 0.3) is 21.9 Å². The van der Waals surface area contributed by atoms with E-state index in [1.807, 2.05) is 0 Å². The molecule has 1 aromatic carbocycles. The van der Waals surface area contributed by atoms with Crippen LogP contribution >= 0.6 is 0 Å². The Morgan fingerprint density at radius 2 is 1.95 bits per heavy atom. The van der Waals surface area contributed by atoms with Gasteiger partial charge in [-0.15, -0.1) is 0 Å². The number of carboxylic acids is 1. The Balaban J connectivity index is 2.48. The molecule has 3 N–H and O–H groups in total. The molecule has 3 rings (SSSR count). The van der Waals surface area contributed by atoms with Crippen LogP contribution in [0.15, 0.2) is 18.5 Å². The number of aliphatic carboxylic acids is 1. The van der Waals surface area contributed by atoms with Gasteiger partial charge in [0.2, 0.25) is 0 Å². The second-order valence-electron chi connectivity index (χ2n) is 4.66. The van der Waals surface area contributed by atoms with Gasteiger partial charge in [0, 0.05) is 11.5 Å². The van der Waals surface area contributed by atoms with Crippen LogP contribution in [-0.2, 0) is 11.3 Å². The van der Waals surface area contributed by atoms with Crippen LogP contribution in [0.4, 0.5) is 5.82 Å². The number of anilines is 1. The van der Waals surface area contributed by atoms with E-state index in [0.717, 1.165) is 0 Å². The van der Waals surface area contributed by atoms with Gasteiger partial charge in [-0.05, 0) is 6.07 Å². The highest BCUT2D eigenvalue weighted by Gasteiger charge is 2.19. The molecule has 114 valence electrons. The monoisotopic (exact) mass is 302 g/mol. The number of benzene rings is 1. The first kappa shape index (κ1) is 13.9. The third-order valence-electron chi connectivity index (χ3n) is 3.47. The zero-order valence-electron chi connectivity index (χ0n) is 12.0. The van der Waals surface area contributed by atoms with Crippen molar-refractivity contribution in [2.45, 2.75) is 6.54 Å². The van der Waals surface area contributed by atoms with Gasteiger partial charge in [0.05, 0.1) is 25.1 Å². The van der Waals surface area contributed by atoms with Gasteiger partial charge in [-0.2, -0.15) is 0 Å². The lowest BCUT2D eigenvalue weighted by molar-refractivity contribution is -0.137. The van der Waals surface area contributed by atoms with Crippen LogP contribution in [0, 0.1) is 0 Å². The Hall–Kier alpha value is -3.03. The lowest BCUT2D eigenvalue weighted by atomic mass is 10.2. The summed E-state index contributed by atoms with van der Waals surface area (Å²) in [5.74, 6) is 0.320. The number of hydrogen-bond donors (Lipinski definition) is 2. The second-order valence-corrected chi connectivity index (χ2v) is 4.66. The first-order valence-corrected chi connectivity index (χ1v) is 6.43. The first-order valence-electron chi connectivity index (χ1n) is 6.43. The quantitative estimate of drug-likeness (QED) is 0.746. The van der Waals surface area contributed by atoms with Crippen molar-refractivity contribution >= 4 is 33.7 Å². The van der Waals surface area contributed by atoms with E-state index in [0.29, 0.717) is 33.4 Å². The SMILES string of the molecule is COc1cc2c3c(N)ncnc3n(CC(=O)O)c2cc1OC. The van der Waals surface area contributed by atoms with E-state index in [1.54, 1.807) is 16.7 Å². The lowest BCUT2D eigenvalue weighted by Crippen LogP contribution is -2.09. The molecule has 2 aromatic heterocycles. The summed E-state index contributed by atoms with van der Waals surface area (Å²) in [7, 11) is 3.04. The Labute approximate surface area is 125 Å². The van der Waals surface area contributed by atoms with Crippen LogP contribution in [0.3, 0.4) is 0 Å². The van der Waals surface area contributed by atoms with Gasteiger partial charge in [-0.1, -0.05) is 0 Å². The fourth-order valence-electron chi connectivity index (χ4n) is 2.55. The van der Waals surface area contributed by atoms with E-state index in [-0.39, 0.29) is 12.4 Å². The molecule has 2 heterocycles. The number of hydrogen-bond acceptors (Lipinski definition) is 6. The number of rotatable bonds is 4. The number of methoxy groups -OCH3 is 2. The number of nitrogen functional groups attached to an aromatic ring is 1. The van der Waals surface area contributed by atoms with Crippen molar-refractivity contribution in [3.63, 3.8) is 0 Å². The van der Waals surface area contributed by atoms with Crippen molar-refractivity contribution in [2.75, 3.05) is 20.0 Å². The molecule has 0 aliphatic carbocycles.